The maximum absolute atomic E-state index is 10.8. The molecule has 1 aromatic rings. The fraction of sp³-hybridized carbons (Fsp3) is 0.643. The van der Waals surface area contributed by atoms with E-state index >= 15 is 0 Å². The van der Waals surface area contributed by atoms with Crippen molar-refractivity contribution in [3.8, 4) is 0 Å². The van der Waals surface area contributed by atoms with Gasteiger partial charge in [0, 0.05) is 18.2 Å². The number of nitrogens with one attached hydrogen (secondary N) is 1. The molecule has 1 fully saturated rings. The summed E-state index contributed by atoms with van der Waals surface area (Å²) in [6, 6.07) is 2.17. The normalized spacial score (nSPS) is 24.1. The minimum atomic E-state index is -1.00. The maximum atomic E-state index is 10.8. The number of carboxylic acid groups (broad SMARTS) is 1. The van der Waals surface area contributed by atoms with Gasteiger partial charge >= 0.3 is 5.97 Å². The molecule has 0 spiro atoms. The Bertz CT molecular complexity index is 425. The van der Waals surface area contributed by atoms with Gasteiger partial charge in [-0.2, -0.15) is 0 Å². The second-order valence-electron chi connectivity index (χ2n) is 5.35. The zero-order chi connectivity index (χ0) is 13.1. The van der Waals surface area contributed by atoms with Crippen LogP contribution in [0.2, 0.25) is 0 Å². The van der Waals surface area contributed by atoms with E-state index in [1.165, 1.54) is 25.7 Å². The average Bonchev–Trinajstić information content (AvgIpc) is 2.68. The van der Waals surface area contributed by atoms with E-state index < -0.39 is 5.97 Å². The Balaban J connectivity index is 1.91. The maximum Gasteiger partial charge on any atom is 0.371 e. The number of hydrogen-bond donors (Lipinski definition) is 2. The predicted octanol–water partition coefficient (Wildman–Crippen LogP) is 2.95. The van der Waals surface area contributed by atoms with Crippen LogP contribution >= 0.6 is 0 Å². The van der Waals surface area contributed by atoms with Crippen molar-refractivity contribution in [3.63, 3.8) is 0 Å². The van der Waals surface area contributed by atoms with Gasteiger partial charge in [0.15, 0.2) is 0 Å². The lowest BCUT2D eigenvalue weighted by Crippen LogP contribution is -2.33. The van der Waals surface area contributed by atoms with E-state index in [1.807, 2.05) is 6.92 Å². The summed E-state index contributed by atoms with van der Waals surface area (Å²) in [6.45, 7) is 4.80. The number of rotatable bonds is 4. The zero-order valence-electron chi connectivity index (χ0n) is 11.0. The summed E-state index contributed by atoms with van der Waals surface area (Å²) in [5, 5.41) is 12.4. The van der Waals surface area contributed by atoms with Crippen LogP contribution in [0.15, 0.2) is 10.5 Å². The Labute approximate surface area is 107 Å². The van der Waals surface area contributed by atoms with Crippen LogP contribution < -0.4 is 5.32 Å². The van der Waals surface area contributed by atoms with Gasteiger partial charge in [-0.15, -0.1) is 0 Å². The van der Waals surface area contributed by atoms with E-state index in [4.69, 9.17) is 9.52 Å². The van der Waals surface area contributed by atoms with Crippen LogP contribution in [0, 0.1) is 12.8 Å². The topological polar surface area (TPSA) is 62.5 Å². The Hall–Kier alpha value is -1.29. The van der Waals surface area contributed by atoms with Crippen molar-refractivity contribution in [3.05, 3.63) is 23.2 Å². The molecule has 1 saturated carbocycles. The molecular weight excluding hydrogens is 230 g/mol. The SMILES string of the molecule is Cc1oc(C(=O)O)cc1CNC1CCCC(C)C1. The molecule has 0 radical (unpaired) electrons. The highest BCUT2D eigenvalue weighted by molar-refractivity contribution is 5.84. The van der Waals surface area contributed by atoms with Crippen LogP contribution in [0.3, 0.4) is 0 Å². The lowest BCUT2D eigenvalue weighted by Gasteiger charge is -2.27. The lowest BCUT2D eigenvalue weighted by molar-refractivity contribution is 0.0661. The van der Waals surface area contributed by atoms with Crippen LogP contribution in [0.1, 0.15) is 54.5 Å². The number of carbonyl (C=O) groups is 1. The average molecular weight is 251 g/mol. The molecule has 100 valence electrons. The Morgan fingerprint density at radius 1 is 1.56 bits per heavy atom. The molecule has 1 heterocycles. The van der Waals surface area contributed by atoms with E-state index in [1.54, 1.807) is 6.07 Å². The summed E-state index contributed by atoms with van der Waals surface area (Å²) >= 11 is 0. The lowest BCUT2D eigenvalue weighted by atomic mass is 9.87. The van der Waals surface area contributed by atoms with Gasteiger partial charge < -0.3 is 14.8 Å². The van der Waals surface area contributed by atoms with Gasteiger partial charge in [0.1, 0.15) is 5.76 Å². The second kappa shape index (κ2) is 5.57. The summed E-state index contributed by atoms with van der Waals surface area (Å²) < 4.78 is 5.20. The first-order valence-corrected chi connectivity index (χ1v) is 6.62. The minimum absolute atomic E-state index is 0.0290. The van der Waals surface area contributed by atoms with E-state index in [0.29, 0.717) is 18.3 Å². The molecule has 2 unspecified atom stereocenters. The highest BCUT2D eigenvalue weighted by Gasteiger charge is 2.19. The molecule has 2 rings (SSSR count). The van der Waals surface area contributed by atoms with Crippen molar-refractivity contribution in [2.75, 3.05) is 0 Å². The molecule has 2 N–H and O–H groups in total. The van der Waals surface area contributed by atoms with Crippen molar-refractivity contribution in [1.82, 2.24) is 5.32 Å². The zero-order valence-corrected chi connectivity index (χ0v) is 11.0. The Morgan fingerprint density at radius 3 is 2.94 bits per heavy atom. The minimum Gasteiger partial charge on any atom is -0.475 e. The molecule has 1 aromatic heterocycles. The van der Waals surface area contributed by atoms with Crippen molar-refractivity contribution < 1.29 is 14.3 Å². The summed E-state index contributed by atoms with van der Waals surface area (Å²) in [6.07, 6.45) is 5.03. The van der Waals surface area contributed by atoms with Crippen molar-refractivity contribution in [1.29, 1.82) is 0 Å². The summed E-state index contributed by atoms with van der Waals surface area (Å²) in [4.78, 5) is 10.8. The van der Waals surface area contributed by atoms with Gasteiger partial charge in [-0.05, 0) is 31.7 Å². The monoisotopic (exact) mass is 251 g/mol. The van der Waals surface area contributed by atoms with Gasteiger partial charge in [0.2, 0.25) is 5.76 Å². The second-order valence-corrected chi connectivity index (χ2v) is 5.35. The third-order valence-corrected chi connectivity index (χ3v) is 3.75. The van der Waals surface area contributed by atoms with Gasteiger partial charge in [0.05, 0.1) is 0 Å². The van der Waals surface area contributed by atoms with Crippen LogP contribution in [-0.2, 0) is 6.54 Å². The first-order chi connectivity index (χ1) is 8.56. The third-order valence-electron chi connectivity index (χ3n) is 3.75. The fourth-order valence-corrected chi connectivity index (χ4v) is 2.67. The number of aromatic carboxylic acids is 1. The molecule has 0 aliphatic heterocycles. The standard InChI is InChI=1S/C14H21NO3/c1-9-4-3-5-12(6-9)15-8-11-7-13(14(16)17)18-10(11)2/h7,9,12,15H,3-6,8H2,1-2H3,(H,16,17). The van der Waals surface area contributed by atoms with Crippen LogP contribution in [0.5, 0.6) is 0 Å². The van der Waals surface area contributed by atoms with Crippen LogP contribution in [-0.4, -0.2) is 17.1 Å². The van der Waals surface area contributed by atoms with Crippen LogP contribution in [0.4, 0.5) is 0 Å². The number of hydrogen-bond acceptors (Lipinski definition) is 3. The van der Waals surface area contributed by atoms with E-state index in [2.05, 4.69) is 12.2 Å². The van der Waals surface area contributed by atoms with Gasteiger partial charge in [0.25, 0.3) is 0 Å². The summed E-state index contributed by atoms with van der Waals surface area (Å²) in [5.74, 6) is 0.511. The molecule has 4 nitrogen and oxygen atoms in total. The molecule has 0 bridgehead atoms. The van der Waals surface area contributed by atoms with Gasteiger partial charge in [-0.1, -0.05) is 19.8 Å². The Morgan fingerprint density at radius 2 is 2.33 bits per heavy atom. The molecule has 0 saturated heterocycles. The Kier molecular flexibility index (Phi) is 4.07. The third kappa shape index (κ3) is 3.13. The molecule has 0 aromatic carbocycles. The van der Waals surface area contributed by atoms with Crippen LogP contribution in [0.25, 0.3) is 0 Å². The molecule has 1 aliphatic rings. The van der Waals surface area contributed by atoms with Crippen molar-refractivity contribution in [2.24, 2.45) is 5.92 Å². The van der Waals surface area contributed by atoms with Crippen molar-refractivity contribution >= 4 is 5.97 Å². The number of furan rings is 1. The van der Waals surface area contributed by atoms with E-state index in [9.17, 15) is 4.79 Å². The number of aryl methyl sites for hydroxylation is 1. The summed E-state index contributed by atoms with van der Waals surface area (Å²) in [5.41, 5.74) is 0.950. The quantitative estimate of drug-likeness (QED) is 0.863. The first kappa shape index (κ1) is 13.1. The largest absolute Gasteiger partial charge is 0.475 e. The number of carboxylic acids is 1. The highest BCUT2D eigenvalue weighted by atomic mass is 16.4. The molecular formula is C14H21NO3. The predicted molar refractivity (Wildman–Crippen MR) is 68.7 cm³/mol. The van der Waals surface area contributed by atoms with E-state index in [-0.39, 0.29) is 5.76 Å². The molecule has 4 heteroatoms. The molecule has 1 aliphatic carbocycles. The summed E-state index contributed by atoms with van der Waals surface area (Å²) in [7, 11) is 0. The van der Waals surface area contributed by atoms with Gasteiger partial charge in [-0.25, -0.2) is 4.79 Å². The van der Waals surface area contributed by atoms with Gasteiger partial charge in [-0.3, -0.25) is 0 Å². The first-order valence-electron chi connectivity index (χ1n) is 6.62. The molecule has 0 amide bonds. The molecule has 18 heavy (non-hydrogen) atoms. The highest BCUT2D eigenvalue weighted by Crippen LogP contribution is 2.24. The smallest absolute Gasteiger partial charge is 0.371 e. The van der Waals surface area contributed by atoms with E-state index in [0.717, 1.165) is 11.5 Å². The van der Waals surface area contributed by atoms with Crippen molar-refractivity contribution in [2.45, 2.75) is 52.1 Å². The fourth-order valence-electron chi connectivity index (χ4n) is 2.67. The molecule has 2 atom stereocenters.